The van der Waals surface area contributed by atoms with Crippen LogP contribution in [-0.2, 0) is 22.7 Å². The van der Waals surface area contributed by atoms with Crippen molar-refractivity contribution >= 4 is 16.7 Å². The molecule has 0 unspecified atom stereocenters. The number of benzene rings is 4. The van der Waals surface area contributed by atoms with Crippen molar-refractivity contribution in [3.05, 3.63) is 119 Å². The average Bonchev–Trinajstić information content (AvgIpc) is 2.91. The molecule has 1 N–H and O–H groups in total. The van der Waals surface area contributed by atoms with Gasteiger partial charge in [0, 0.05) is 12.5 Å². The number of hydrogen-bond donors (Lipinski definition) is 1. The predicted octanol–water partition coefficient (Wildman–Crippen LogP) is 5.86. The van der Waals surface area contributed by atoms with Gasteiger partial charge in [-0.25, -0.2) is 4.79 Å². The van der Waals surface area contributed by atoms with Gasteiger partial charge >= 0.3 is 5.97 Å². The highest BCUT2D eigenvalue weighted by atomic mass is 16.5. The monoisotopic (exact) mass is 451 g/mol. The lowest BCUT2D eigenvalue weighted by molar-refractivity contribution is 0.0106. The van der Waals surface area contributed by atoms with Crippen LogP contribution in [0.2, 0.25) is 0 Å². The van der Waals surface area contributed by atoms with Gasteiger partial charge in [0.1, 0.15) is 6.61 Å². The van der Waals surface area contributed by atoms with Gasteiger partial charge in [-0.1, -0.05) is 78.9 Å². The van der Waals surface area contributed by atoms with Gasteiger partial charge < -0.3 is 14.8 Å². The second-order valence-corrected chi connectivity index (χ2v) is 8.81. The fraction of sp³-hybridized carbons (Fsp3) is 0.233. The number of rotatable bonds is 7. The van der Waals surface area contributed by atoms with Crippen LogP contribution in [0.1, 0.15) is 39.4 Å². The largest absolute Gasteiger partial charge is 0.457 e. The molecule has 1 fully saturated rings. The lowest BCUT2D eigenvalue weighted by Crippen LogP contribution is -2.40. The number of fused-ring (bicyclic) bond motifs is 1. The maximum absolute atomic E-state index is 12.2. The minimum absolute atomic E-state index is 0.113. The van der Waals surface area contributed by atoms with E-state index in [0.717, 1.165) is 25.1 Å². The predicted molar refractivity (Wildman–Crippen MR) is 135 cm³/mol. The topological polar surface area (TPSA) is 47.6 Å². The maximum atomic E-state index is 12.2. The van der Waals surface area contributed by atoms with E-state index in [4.69, 9.17) is 9.47 Å². The number of esters is 1. The molecule has 4 nitrogen and oxygen atoms in total. The number of ether oxygens (including phenoxy) is 2. The number of piperidine rings is 1. The Labute approximate surface area is 200 Å². The average molecular weight is 452 g/mol. The molecule has 172 valence electrons. The smallest absolute Gasteiger partial charge is 0.338 e. The fourth-order valence-electron chi connectivity index (χ4n) is 4.59. The van der Waals surface area contributed by atoms with Crippen LogP contribution in [0.3, 0.4) is 0 Å². The summed E-state index contributed by atoms with van der Waals surface area (Å²) in [6, 6.07) is 32.4. The Morgan fingerprint density at radius 1 is 0.794 bits per heavy atom. The maximum Gasteiger partial charge on any atom is 0.338 e. The molecule has 1 aliphatic rings. The number of nitrogens with one attached hydrogen (secondary N) is 1. The van der Waals surface area contributed by atoms with Crippen molar-refractivity contribution in [2.24, 2.45) is 0 Å². The van der Waals surface area contributed by atoms with E-state index in [9.17, 15) is 4.79 Å². The minimum atomic E-state index is -0.301. The molecule has 4 aromatic rings. The van der Waals surface area contributed by atoms with E-state index in [-0.39, 0.29) is 18.7 Å². The molecule has 0 radical (unpaired) electrons. The molecule has 0 aliphatic carbocycles. The first kappa shape index (κ1) is 22.3. The van der Waals surface area contributed by atoms with Gasteiger partial charge in [-0.2, -0.15) is 0 Å². The van der Waals surface area contributed by atoms with E-state index < -0.39 is 0 Å². The molecule has 1 aliphatic heterocycles. The Morgan fingerprint density at radius 2 is 1.53 bits per heavy atom. The molecule has 0 spiro atoms. The summed E-state index contributed by atoms with van der Waals surface area (Å²) in [5.74, 6) is 0.0350. The second kappa shape index (κ2) is 10.6. The van der Waals surface area contributed by atoms with E-state index in [2.05, 4.69) is 72.0 Å². The van der Waals surface area contributed by atoms with Gasteiger partial charge in [0.15, 0.2) is 0 Å². The summed E-state index contributed by atoms with van der Waals surface area (Å²) < 4.78 is 11.9. The lowest BCUT2D eigenvalue weighted by atomic mass is 9.87. The SMILES string of the molecule is O=C(OCc1ccc([C@H]2CCNC[C@@H]2OCc2ccc3ccccc3c2)cc1)c1ccccc1. The van der Waals surface area contributed by atoms with E-state index in [1.165, 1.54) is 21.9 Å². The van der Waals surface area contributed by atoms with E-state index in [1.807, 2.05) is 18.2 Å². The zero-order valence-corrected chi connectivity index (χ0v) is 19.2. The number of hydrogen-bond acceptors (Lipinski definition) is 4. The first-order valence-corrected chi connectivity index (χ1v) is 11.9. The Kier molecular flexibility index (Phi) is 6.99. The van der Waals surface area contributed by atoms with Crippen LogP contribution in [-0.4, -0.2) is 25.2 Å². The molecule has 2 atom stereocenters. The molecule has 1 saturated heterocycles. The van der Waals surface area contributed by atoms with Crippen LogP contribution in [0.4, 0.5) is 0 Å². The van der Waals surface area contributed by atoms with Crippen molar-refractivity contribution in [1.29, 1.82) is 0 Å². The molecule has 0 saturated carbocycles. The van der Waals surface area contributed by atoms with Crippen molar-refractivity contribution in [2.45, 2.75) is 31.7 Å². The number of carbonyl (C=O) groups is 1. The molecular formula is C30H29NO3. The van der Waals surface area contributed by atoms with Gasteiger partial charge in [-0.15, -0.1) is 0 Å². The third-order valence-corrected chi connectivity index (χ3v) is 6.49. The quantitative estimate of drug-likeness (QED) is 0.358. The Morgan fingerprint density at radius 3 is 2.35 bits per heavy atom. The first-order valence-electron chi connectivity index (χ1n) is 11.9. The van der Waals surface area contributed by atoms with Gasteiger partial charge in [0.05, 0.1) is 18.3 Å². The van der Waals surface area contributed by atoms with Crippen molar-refractivity contribution in [2.75, 3.05) is 13.1 Å². The summed E-state index contributed by atoms with van der Waals surface area (Å²) in [4.78, 5) is 12.2. The Bertz CT molecular complexity index is 1240. The van der Waals surface area contributed by atoms with Crippen molar-refractivity contribution in [3.8, 4) is 0 Å². The molecule has 4 heteroatoms. The van der Waals surface area contributed by atoms with Crippen LogP contribution < -0.4 is 5.32 Å². The molecule has 5 rings (SSSR count). The molecule has 0 bridgehead atoms. The minimum Gasteiger partial charge on any atom is -0.457 e. The summed E-state index contributed by atoms with van der Waals surface area (Å²) in [6.45, 7) is 2.69. The van der Waals surface area contributed by atoms with Gasteiger partial charge in [0.25, 0.3) is 0 Å². The molecule has 34 heavy (non-hydrogen) atoms. The molecule has 0 amide bonds. The van der Waals surface area contributed by atoms with E-state index in [0.29, 0.717) is 18.1 Å². The fourth-order valence-corrected chi connectivity index (χ4v) is 4.59. The third-order valence-electron chi connectivity index (χ3n) is 6.49. The zero-order valence-electron chi connectivity index (χ0n) is 19.2. The van der Waals surface area contributed by atoms with Gasteiger partial charge in [-0.3, -0.25) is 0 Å². The molecular weight excluding hydrogens is 422 g/mol. The first-order chi connectivity index (χ1) is 16.8. The van der Waals surface area contributed by atoms with E-state index in [1.54, 1.807) is 12.1 Å². The summed E-state index contributed by atoms with van der Waals surface area (Å²) in [6.07, 6.45) is 1.15. The molecule has 0 aromatic heterocycles. The van der Waals surface area contributed by atoms with Crippen LogP contribution in [0, 0.1) is 0 Å². The summed E-state index contributed by atoms with van der Waals surface area (Å²) >= 11 is 0. The Hall–Kier alpha value is -3.47. The summed E-state index contributed by atoms with van der Waals surface area (Å²) in [7, 11) is 0. The van der Waals surface area contributed by atoms with Crippen molar-refractivity contribution < 1.29 is 14.3 Å². The Balaban J connectivity index is 1.20. The van der Waals surface area contributed by atoms with Gasteiger partial charge in [0.2, 0.25) is 0 Å². The van der Waals surface area contributed by atoms with Crippen LogP contribution in [0.5, 0.6) is 0 Å². The van der Waals surface area contributed by atoms with Crippen molar-refractivity contribution in [1.82, 2.24) is 5.32 Å². The summed E-state index contributed by atoms with van der Waals surface area (Å²) in [5.41, 5.74) is 4.01. The second-order valence-electron chi connectivity index (χ2n) is 8.81. The highest BCUT2D eigenvalue weighted by Gasteiger charge is 2.27. The zero-order chi connectivity index (χ0) is 23.2. The highest BCUT2D eigenvalue weighted by molar-refractivity contribution is 5.89. The number of carbonyl (C=O) groups excluding carboxylic acids is 1. The van der Waals surface area contributed by atoms with E-state index >= 15 is 0 Å². The normalized spacial score (nSPS) is 18.0. The highest BCUT2D eigenvalue weighted by Crippen LogP contribution is 2.29. The van der Waals surface area contributed by atoms with Crippen LogP contribution in [0.25, 0.3) is 10.8 Å². The van der Waals surface area contributed by atoms with Gasteiger partial charge in [-0.05, 0) is 58.6 Å². The summed E-state index contributed by atoms with van der Waals surface area (Å²) in [5, 5.41) is 5.97. The van der Waals surface area contributed by atoms with Crippen LogP contribution >= 0.6 is 0 Å². The van der Waals surface area contributed by atoms with Crippen molar-refractivity contribution in [3.63, 3.8) is 0 Å². The lowest BCUT2D eigenvalue weighted by Gasteiger charge is -2.32. The molecule has 1 heterocycles. The third kappa shape index (κ3) is 5.36. The molecule has 4 aromatic carbocycles. The van der Waals surface area contributed by atoms with Crippen LogP contribution in [0.15, 0.2) is 97.1 Å². The standard InChI is InChI=1S/C30H29NO3/c32-30(26-7-2-1-3-8-26)34-20-22-10-14-25(15-11-22)28-16-17-31-19-29(28)33-21-23-12-13-24-6-4-5-9-27(24)18-23/h1-15,18,28-29,31H,16-17,19-21H2/t28-,29+/m1/s1.